The summed E-state index contributed by atoms with van der Waals surface area (Å²) in [5, 5.41) is 20.1. The van der Waals surface area contributed by atoms with Crippen LogP contribution in [0.25, 0.3) is 0 Å². The van der Waals surface area contributed by atoms with E-state index in [4.69, 9.17) is 14.6 Å². The monoisotopic (exact) mass is 301 g/mol. The van der Waals surface area contributed by atoms with Crippen LogP contribution in [-0.4, -0.2) is 35.3 Å². The highest BCUT2D eigenvalue weighted by Gasteiger charge is 2.19. The average molecular weight is 301 g/mol. The maximum atomic E-state index is 10.9. The predicted molar refractivity (Wildman–Crippen MR) is 78.7 cm³/mol. The van der Waals surface area contributed by atoms with Crippen LogP contribution in [0.3, 0.4) is 0 Å². The Balaban J connectivity index is 2.82. The van der Waals surface area contributed by atoms with E-state index < -0.39 is 11.5 Å². The fourth-order valence-corrected chi connectivity index (χ4v) is 2.26. The van der Waals surface area contributed by atoms with Crippen LogP contribution in [-0.2, 0) is 6.61 Å². The lowest BCUT2D eigenvalue weighted by Crippen LogP contribution is -2.03. The second-order valence-corrected chi connectivity index (χ2v) is 5.34. The predicted octanol–water partition coefficient (Wildman–Crippen LogP) is 2.62. The number of aliphatic hydroxyl groups excluding tert-OH is 1. The first-order valence-corrected chi connectivity index (χ1v) is 7.46. The lowest BCUT2D eigenvalue weighted by Gasteiger charge is -2.12. The first-order valence-electron chi connectivity index (χ1n) is 6.30. The highest BCUT2D eigenvalue weighted by Crippen LogP contribution is 2.34. The van der Waals surface area contributed by atoms with Gasteiger partial charge in [-0.05, 0) is 24.0 Å². The lowest BCUT2D eigenvalue weighted by atomic mass is 10.1. The zero-order valence-electron chi connectivity index (χ0n) is 11.6. The molecule has 0 aliphatic carbocycles. The van der Waals surface area contributed by atoms with Crippen LogP contribution in [0.2, 0.25) is 0 Å². The van der Waals surface area contributed by atoms with E-state index in [-0.39, 0.29) is 11.3 Å². The third-order valence-electron chi connectivity index (χ3n) is 2.63. The molecule has 1 aromatic rings. The molecule has 1 N–H and O–H groups in total. The maximum absolute atomic E-state index is 10.9. The number of hydrogen-bond donors (Lipinski definition) is 1. The fraction of sp³-hybridized carbons (Fsp3) is 0.538. The lowest BCUT2D eigenvalue weighted by molar-refractivity contribution is -0.385. The van der Waals surface area contributed by atoms with Gasteiger partial charge in [0.05, 0.1) is 36.9 Å². The molecule has 0 amide bonds. The van der Waals surface area contributed by atoms with E-state index in [2.05, 4.69) is 6.92 Å². The topological polar surface area (TPSA) is 81.8 Å². The normalized spacial score (nSPS) is 10.3. The van der Waals surface area contributed by atoms with Gasteiger partial charge in [-0.15, -0.1) is 0 Å². The van der Waals surface area contributed by atoms with E-state index in [0.29, 0.717) is 18.1 Å². The van der Waals surface area contributed by atoms with Crippen LogP contribution in [0.1, 0.15) is 18.9 Å². The van der Waals surface area contributed by atoms with Crippen LogP contribution in [0.4, 0.5) is 5.69 Å². The van der Waals surface area contributed by atoms with Crippen molar-refractivity contribution in [2.45, 2.75) is 20.0 Å². The summed E-state index contributed by atoms with van der Waals surface area (Å²) in [4.78, 5) is 10.4. The van der Waals surface area contributed by atoms with E-state index in [1.165, 1.54) is 19.2 Å². The number of rotatable bonds is 9. The van der Waals surface area contributed by atoms with Gasteiger partial charge < -0.3 is 14.6 Å². The van der Waals surface area contributed by atoms with Gasteiger partial charge in [0.25, 0.3) is 5.69 Å². The summed E-state index contributed by atoms with van der Waals surface area (Å²) in [5.41, 5.74) is 0.0481. The van der Waals surface area contributed by atoms with Crippen molar-refractivity contribution in [3.05, 3.63) is 27.8 Å². The largest absolute Gasteiger partial charge is 0.493 e. The summed E-state index contributed by atoms with van der Waals surface area (Å²) < 4.78 is 10.7. The molecule has 0 aliphatic heterocycles. The Bertz CT molecular complexity index is 453. The van der Waals surface area contributed by atoms with Crippen LogP contribution in [0.5, 0.6) is 11.5 Å². The van der Waals surface area contributed by atoms with Crippen LogP contribution in [0, 0.1) is 10.1 Å². The van der Waals surface area contributed by atoms with Crippen molar-refractivity contribution in [3.8, 4) is 11.5 Å². The minimum Gasteiger partial charge on any atom is -0.493 e. The third kappa shape index (κ3) is 4.57. The van der Waals surface area contributed by atoms with E-state index in [9.17, 15) is 10.1 Å². The van der Waals surface area contributed by atoms with Crippen molar-refractivity contribution in [2.75, 3.05) is 25.2 Å². The molecule has 6 nitrogen and oxygen atoms in total. The quantitative estimate of drug-likeness (QED) is 0.429. The summed E-state index contributed by atoms with van der Waals surface area (Å²) in [6.45, 7) is 2.14. The molecule has 0 heterocycles. The Labute approximate surface area is 122 Å². The maximum Gasteiger partial charge on any atom is 0.278 e. The molecule has 0 saturated heterocycles. The van der Waals surface area contributed by atoms with Crippen molar-refractivity contribution in [1.29, 1.82) is 0 Å². The number of ether oxygens (including phenoxy) is 2. The van der Waals surface area contributed by atoms with Crippen molar-refractivity contribution in [2.24, 2.45) is 0 Å². The van der Waals surface area contributed by atoms with Crippen molar-refractivity contribution in [1.82, 2.24) is 0 Å². The first-order chi connectivity index (χ1) is 9.63. The van der Waals surface area contributed by atoms with E-state index in [1.807, 2.05) is 11.8 Å². The molecule has 0 fully saturated rings. The van der Waals surface area contributed by atoms with Gasteiger partial charge in [0.1, 0.15) is 0 Å². The highest BCUT2D eigenvalue weighted by atomic mass is 32.2. The molecule has 20 heavy (non-hydrogen) atoms. The molecule has 0 bridgehead atoms. The van der Waals surface area contributed by atoms with Gasteiger partial charge in [-0.2, -0.15) is 11.8 Å². The third-order valence-corrected chi connectivity index (χ3v) is 3.61. The van der Waals surface area contributed by atoms with Gasteiger partial charge in [0.2, 0.25) is 0 Å². The molecule has 1 rings (SSSR count). The molecular formula is C13H19NO5S. The number of hydrogen-bond acceptors (Lipinski definition) is 6. The summed E-state index contributed by atoms with van der Waals surface area (Å²) in [7, 11) is 1.46. The Morgan fingerprint density at radius 2 is 2.15 bits per heavy atom. The number of nitro benzene ring substituents is 1. The fourth-order valence-electron chi connectivity index (χ4n) is 1.65. The zero-order valence-corrected chi connectivity index (χ0v) is 12.4. The number of nitrogens with zero attached hydrogens (tertiary/aromatic N) is 1. The van der Waals surface area contributed by atoms with Gasteiger partial charge in [0, 0.05) is 0 Å². The van der Waals surface area contributed by atoms with Gasteiger partial charge >= 0.3 is 0 Å². The average Bonchev–Trinajstić information content (AvgIpc) is 2.46. The number of benzene rings is 1. The zero-order chi connectivity index (χ0) is 15.0. The van der Waals surface area contributed by atoms with E-state index >= 15 is 0 Å². The van der Waals surface area contributed by atoms with Crippen molar-refractivity contribution < 1.29 is 19.5 Å². The highest BCUT2D eigenvalue weighted by molar-refractivity contribution is 7.99. The molecule has 0 spiro atoms. The van der Waals surface area contributed by atoms with Crippen LogP contribution in [0.15, 0.2) is 12.1 Å². The van der Waals surface area contributed by atoms with Gasteiger partial charge in [-0.3, -0.25) is 10.1 Å². The molecule has 0 aliphatic rings. The van der Waals surface area contributed by atoms with Crippen LogP contribution < -0.4 is 9.47 Å². The minimum atomic E-state index is -0.537. The van der Waals surface area contributed by atoms with E-state index in [1.54, 1.807) is 0 Å². The van der Waals surface area contributed by atoms with Gasteiger partial charge in [0.15, 0.2) is 11.5 Å². The number of aliphatic hydroxyl groups is 1. The van der Waals surface area contributed by atoms with Crippen molar-refractivity contribution >= 4 is 17.4 Å². The molecule has 112 valence electrons. The Kier molecular flexibility index (Phi) is 7.17. The van der Waals surface area contributed by atoms with Gasteiger partial charge in [-0.25, -0.2) is 0 Å². The Morgan fingerprint density at radius 1 is 1.40 bits per heavy atom. The molecule has 0 radical (unpaired) electrons. The number of thioether (sulfide) groups is 1. The number of nitro groups is 1. The number of methoxy groups -OCH3 is 1. The summed E-state index contributed by atoms with van der Waals surface area (Å²) >= 11 is 1.81. The molecule has 0 atom stereocenters. The SMILES string of the molecule is CCSCCCOc1cc([N+](=O)[O-])c(CO)cc1OC. The smallest absolute Gasteiger partial charge is 0.278 e. The van der Waals surface area contributed by atoms with Gasteiger partial charge in [-0.1, -0.05) is 6.92 Å². The second-order valence-electron chi connectivity index (χ2n) is 3.95. The van der Waals surface area contributed by atoms with Crippen molar-refractivity contribution in [3.63, 3.8) is 0 Å². The Morgan fingerprint density at radius 3 is 2.70 bits per heavy atom. The molecular weight excluding hydrogens is 282 g/mol. The summed E-state index contributed by atoms with van der Waals surface area (Å²) in [6, 6.07) is 2.74. The minimum absolute atomic E-state index is 0.161. The molecule has 7 heteroatoms. The molecule has 0 unspecified atom stereocenters. The van der Waals surface area contributed by atoms with Crippen LogP contribution >= 0.6 is 11.8 Å². The second kappa shape index (κ2) is 8.65. The Hall–Kier alpha value is -1.47. The first kappa shape index (κ1) is 16.6. The molecule has 0 saturated carbocycles. The van der Waals surface area contributed by atoms with E-state index in [0.717, 1.165) is 17.9 Å². The standard InChI is InChI=1S/C13H19NO5S/c1-3-20-6-4-5-19-13-8-11(14(16)17)10(9-15)7-12(13)18-2/h7-8,15H,3-6,9H2,1-2H3. The summed E-state index contributed by atoms with van der Waals surface area (Å²) in [5.74, 6) is 2.76. The molecule has 0 aromatic heterocycles. The summed E-state index contributed by atoms with van der Waals surface area (Å²) in [6.07, 6.45) is 0.858. The molecule has 1 aromatic carbocycles.